The first-order chi connectivity index (χ1) is 13.0. The number of rotatable bonds is 4. The maximum atomic E-state index is 13.1. The second kappa shape index (κ2) is 6.86. The third-order valence-corrected chi connectivity index (χ3v) is 6.76. The van der Waals surface area contributed by atoms with Crippen LogP contribution < -0.4 is 0 Å². The van der Waals surface area contributed by atoms with Gasteiger partial charge in [0.2, 0.25) is 10.0 Å². The fourth-order valence-corrected chi connectivity index (χ4v) is 5.25. The Balaban J connectivity index is 1.72. The molecule has 0 spiro atoms. The molecular formula is C19H20N4O3S. The SMILES string of the molecule is Cc1noc(C)c1-c1cncc(C2CCCN2S(=O)(=O)c2ccccc2)n1. The molecule has 1 unspecified atom stereocenters. The number of hydrogen-bond acceptors (Lipinski definition) is 6. The third kappa shape index (κ3) is 3.15. The Bertz CT molecular complexity index is 1040. The topological polar surface area (TPSA) is 89.2 Å². The molecule has 8 heteroatoms. The van der Waals surface area contributed by atoms with E-state index in [-0.39, 0.29) is 6.04 Å². The molecule has 27 heavy (non-hydrogen) atoms. The lowest BCUT2D eigenvalue weighted by molar-refractivity contribution is 0.389. The van der Waals surface area contributed by atoms with E-state index in [2.05, 4.69) is 10.1 Å². The predicted molar refractivity (Wildman–Crippen MR) is 99.3 cm³/mol. The van der Waals surface area contributed by atoms with Crippen LogP contribution in [0.1, 0.15) is 36.0 Å². The van der Waals surface area contributed by atoms with Crippen molar-refractivity contribution in [1.29, 1.82) is 0 Å². The minimum atomic E-state index is -3.58. The van der Waals surface area contributed by atoms with E-state index in [1.807, 2.05) is 13.8 Å². The summed E-state index contributed by atoms with van der Waals surface area (Å²) in [6.07, 6.45) is 4.80. The summed E-state index contributed by atoms with van der Waals surface area (Å²) in [5.74, 6) is 0.666. The van der Waals surface area contributed by atoms with Crippen LogP contribution >= 0.6 is 0 Å². The predicted octanol–water partition coefficient (Wildman–Crippen LogP) is 3.27. The van der Waals surface area contributed by atoms with Gasteiger partial charge in [0.1, 0.15) is 5.76 Å². The second-order valence-electron chi connectivity index (χ2n) is 6.62. The van der Waals surface area contributed by atoms with Crippen LogP contribution in [0.4, 0.5) is 0 Å². The van der Waals surface area contributed by atoms with Gasteiger partial charge in [0.05, 0.1) is 46.0 Å². The summed E-state index contributed by atoms with van der Waals surface area (Å²) in [6.45, 7) is 4.15. The highest BCUT2D eigenvalue weighted by atomic mass is 32.2. The molecule has 4 rings (SSSR count). The van der Waals surface area contributed by atoms with Crippen LogP contribution in [0.15, 0.2) is 52.1 Å². The molecular weight excluding hydrogens is 364 g/mol. The van der Waals surface area contributed by atoms with Gasteiger partial charge in [-0.1, -0.05) is 23.4 Å². The summed E-state index contributed by atoms with van der Waals surface area (Å²) in [6, 6.07) is 8.18. The Morgan fingerprint density at radius 2 is 1.93 bits per heavy atom. The Labute approximate surface area is 158 Å². The van der Waals surface area contributed by atoms with Crippen LogP contribution in [0.25, 0.3) is 11.3 Å². The van der Waals surface area contributed by atoms with E-state index in [4.69, 9.17) is 9.51 Å². The molecule has 0 radical (unpaired) electrons. The van der Waals surface area contributed by atoms with E-state index in [1.54, 1.807) is 42.7 Å². The van der Waals surface area contributed by atoms with E-state index in [0.29, 0.717) is 35.0 Å². The minimum absolute atomic E-state index is 0.298. The molecule has 0 bridgehead atoms. The smallest absolute Gasteiger partial charge is 0.243 e. The van der Waals surface area contributed by atoms with E-state index in [0.717, 1.165) is 17.7 Å². The van der Waals surface area contributed by atoms with Crippen molar-refractivity contribution in [3.05, 3.63) is 59.9 Å². The van der Waals surface area contributed by atoms with Gasteiger partial charge in [-0.3, -0.25) is 4.98 Å². The van der Waals surface area contributed by atoms with E-state index >= 15 is 0 Å². The third-order valence-electron chi connectivity index (χ3n) is 4.84. The van der Waals surface area contributed by atoms with Gasteiger partial charge < -0.3 is 4.52 Å². The fourth-order valence-electron chi connectivity index (χ4n) is 3.56. The van der Waals surface area contributed by atoms with Crippen molar-refractivity contribution in [2.24, 2.45) is 0 Å². The normalized spacial score (nSPS) is 18.1. The number of hydrogen-bond donors (Lipinski definition) is 0. The molecule has 1 fully saturated rings. The Morgan fingerprint density at radius 3 is 2.63 bits per heavy atom. The van der Waals surface area contributed by atoms with E-state index in [9.17, 15) is 8.42 Å². The maximum absolute atomic E-state index is 13.1. The molecule has 3 aromatic rings. The van der Waals surface area contributed by atoms with Gasteiger partial charge >= 0.3 is 0 Å². The van der Waals surface area contributed by atoms with Gasteiger partial charge in [0.25, 0.3) is 0 Å². The molecule has 7 nitrogen and oxygen atoms in total. The van der Waals surface area contributed by atoms with Crippen LogP contribution in [0.5, 0.6) is 0 Å². The first kappa shape index (κ1) is 17.8. The molecule has 3 heterocycles. The second-order valence-corrected chi connectivity index (χ2v) is 8.51. The van der Waals surface area contributed by atoms with Crippen molar-refractivity contribution in [2.75, 3.05) is 6.54 Å². The Kier molecular flexibility index (Phi) is 4.53. The molecule has 0 amide bonds. The summed E-state index contributed by atoms with van der Waals surface area (Å²) in [5, 5.41) is 3.96. The van der Waals surface area contributed by atoms with Crippen molar-refractivity contribution in [3.63, 3.8) is 0 Å². The van der Waals surface area contributed by atoms with Gasteiger partial charge in [-0.15, -0.1) is 0 Å². The largest absolute Gasteiger partial charge is 0.361 e. The highest BCUT2D eigenvalue weighted by Crippen LogP contribution is 2.36. The van der Waals surface area contributed by atoms with Crippen LogP contribution in [0.3, 0.4) is 0 Å². The average molecular weight is 384 g/mol. The molecule has 140 valence electrons. The van der Waals surface area contributed by atoms with Crippen LogP contribution in [0, 0.1) is 13.8 Å². The van der Waals surface area contributed by atoms with Gasteiger partial charge in [0, 0.05) is 6.54 Å². The lowest BCUT2D eigenvalue weighted by atomic mass is 10.1. The van der Waals surface area contributed by atoms with Gasteiger partial charge in [0.15, 0.2) is 0 Å². The Hall–Kier alpha value is -2.58. The van der Waals surface area contributed by atoms with Crippen molar-refractivity contribution < 1.29 is 12.9 Å². The lowest BCUT2D eigenvalue weighted by Gasteiger charge is -2.23. The summed E-state index contributed by atoms with van der Waals surface area (Å²) in [5.41, 5.74) is 2.83. The maximum Gasteiger partial charge on any atom is 0.243 e. The molecule has 1 aromatic carbocycles. The number of aromatic nitrogens is 3. The molecule has 1 aliphatic rings. The number of sulfonamides is 1. The molecule has 2 aromatic heterocycles. The van der Waals surface area contributed by atoms with Gasteiger partial charge in [-0.05, 0) is 38.8 Å². The molecule has 1 saturated heterocycles. The Morgan fingerprint density at radius 1 is 1.15 bits per heavy atom. The van der Waals surface area contributed by atoms with Crippen molar-refractivity contribution in [1.82, 2.24) is 19.4 Å². The zero-order valence-corrected chi connectivity index (χ0v) is 16.0. The highest BCUT2D eigenvalue weighted by Gasteiger charge is 2.37. The summed E-state index contributed by atoms with van der Waals surface area (Å²) in [4.78, 5) is 9.31. The highest BCUT2D eigenvalue weighted by molar-refractivity contribution is 7.89. The molecule has 0 saturated carbocycles. The van der Waals surface area contributed by atoms with Crippen LogP contribution in [-0.4, -0.2) is 34.4 Å². The summed E-state index contributed by atoms with van der Waals surface area (Å²) < 4.78 is 32.9. The zero-order valence-electron chi connectivity index (χ0n) is 15.2. The van der Waals surface area contributed by atoms with E-state index < -0.39 is 10.0 Å². The molecule has 0 aliphatic carbocycles. The standard InChI is InChI=1S/C19H20N4O3S/c1-13-19(14(2)26-22-13)17-12-20-11-16(21-17)18-9-6-10-23(18)27(24,25)15-7-4-3-5-8-15/h3-5,7-8,11-12,18H,6,9-10H2,1-2H3. The summed E-state index contributed by atoms with van der Waals surface area (Å²) in [7, 11) is -3.58. The number of benzene rings is 1. The fraction of sp³-hybridized carbons (Fsp3) is 0.316. The molecule has 0 N–H and O–H groups in total. The lowest BCUT2D eigenvalue weighted by Crippen LogP contribution is -2.31. The average Bonchev–Trinajstić information content (AvgIpc) is 3.30. The zero-order chi connectivity index (χ0) is 19.0. The van der Waals surface area contributed by atoms with E-state index in [1.165, 1.54) is 4.31 Å². The van der Waals surface area contributed by atoms with Crippen molar-refractivity contribution >= 4 is 10.0 Å². The van der Waals surface area contributed by atoms with Crippen molar-refractivity contribution in [3.8, 4) is 11.3 Å². The molecule has 1 atom stereocenters. The van der Waals surface area contributed by atoms with Gasteiger partial charge in [-0.25, -0.2) is 13.4 Å². The molecule has 1 aliphatic heterocycles. The first-order valence-corrected chi connectivity index (χ1v) is 10.2. The number of aryl methyl sites for hydroxylation is 2. The van der Waals surface area contributed by atoms with Crippen molar-refractivity contribution in [2.45, 2.75) is 37.6 Å². The number of nitrogens with zero attached hydrogens (tertiary/aromatic N) is 4. The summed E-state index contributed by atoms with van der Waals surface area (Å²) >= 11 is 0. The first-order valence-electron chi connectivity index (χ1n) is 8.80. The monoisotopic (exact) mass is 384 g/mol. The van der Waals surface area contributed by atoms with Crippen LogP contribution in [0.2, 0.25) is 0 Å². The minimum Gasteiger partial charge on any atom is -0.361 e. The van der Waals surface area contributed by atoms with Gasteiger partial charge in [-0.2, -0.15) is 4.31 Å². The van der Waals surface area contributed by atoms with Crippen LogP contribution in [-0.2, 0) is 10.0 Å². The quantitative estimate of drug-likeness (QED) is 0.686.